The standard InChI is InChI=1S/C24H21F7N4O3/c1-10(36)8-34(2)21-17(28)7-13-19(37)14(22(38)33-24(31,23(29)30)11-3-4-11)9-35(20(13)32-21)18-15(26)5-12(25)6-16(18)27/h5-7,9-11,23,36H,3-4,8H2,1-2H3,(H,33,38)/t10-,24?/m0/s1. The van der Waals surface area contributed by atoms with Crippen LogP contribution in [0.1, 0.15) is 30.1 Å². The van der Waals surface area contributed by atoms with Crippen LogP contribution in [-0.2, 0) is 0 Å². The van der Waals surface area contributed by atoms with Crippen LogP contribution in [0, 0.1) is 29.2 Å². The molecule has 2 N–H and O–H groups in total. The molecule has 38 heavy (non-hydrogen) atoms. The molecule has 1 aliphatic rings. The zero-order valence-electron chi connectivity index (χ0n) is 19.9. The molecule has 7 nitrogen and oxygen atoms in total. The highest BCUT2D eigenvalue weighted by molar-refractivity contribution is 5.97. The van der Waals surface area contributed by atoms with Gasteiger partial charge in [-0.15, -0.1) is 0 Å². The van der Waals surface area contributed by atoms with Crippen molar-refractivity contribution < 1.29 is 40.6 Å². The molecule has 0 radical (unpaired) electrons. The second-order valence-electron chi connectivity index (χ2n) is 9.15. The number of benzene rings is 1. The molecular weight excluding hydrogens is 525 g/mol. The van der Waals surface area contributed by atoms with Gasteiger partial charge >= 0.3 is 0 Å². The number of rotatable bonds is 8. The summed E-state index contributed by atoms with van der Waals surface area (Å²) < 4.78 is 100. The lowest BCUT2D eigenvalue weighted by Gasteiger charge is -2.26. The Morgan fingerprint density at radius 3 is 2.32 bits per heavy atom. The first-order chi connectivity index (χ1) is 17.7. The molecule has 1 amide bonds. The maximum Gasteiger partial charge on any atom is 0.290 e. The van der Waals surface area contributed by atoms with E-state index >= 15 is 0 Å². The number of aliphatic hydroxyl groups excluding tert-OH is 1. The number of halogens is 7. The fourth-order valence-corrected chi connectivity index (χ4v) is 4.14. The maximum absolute atomic E-state index is 15.0. The van der Waals surface area contributed by atoms with Crippen molar-refractivity contribution in [3.8, 4) is 5.69 Å². The summed E-state index contributed by atoms with van der Waals surface area (Å²) in [7, 11) is 1.33. The van der Waals surface area contributed by atoms with E-state index in [-0.39, 0.29) is 19.4 Å². The molecule has 0 bridgehead atoms. The van der Waals surface area contributed by atoms with Gasteiger partial charge in [0, 0.05) is 37.8 Å². The van der Waals surface area contributed by atoms with Gasteiger partial charge in [-0.25, -0.2) is 35.7 Å². The van der Waals surface area contributed by atoms with Crippen LogP contribution in [-0.4, -0.2) is 52.5 Å². The Kier molecular flexibility index (Phi) is 7.12. The quantitative estimate of drug-likeness (QED) is 0.332. The van der Waals surface area contributed by atoms with Crippen molar-refractivity contribution in [1.82, 2.24) is 14.9 Å². The third kappa shape index (κ3) is 4.91. The van der Waals surface area contributed by atoms with Gasteiger partial charge in [0.25, 0.3) is 12.3 Å². The van der Waals surface area contributed by atoms with Gasteiger partial charge in [-0.1, -0.05) is 0 Å². The summed E-state index contributed by atoms with van der Waals surface area (Å²) in [4.78, 5) is 31.1. The van der Waals surface area contributed by atoms with E-state index in [0.29, 0.717) is 29.0 Å². The zero-order valence-corrected chi connectivity index (χ0v) is 19.9. The number of hydrogen-bond acceptors (Lipinski definition) is 5. The highest BCUT2D eigenvalue weighted by Gasteiger charge is 2.54. The van der Waals surface area contributed by atoms with E-state index in [2.05, 4.69) is 4.98 Å². The zero-order chi connectivity index (χ0) is 28.1. The van der Waals surface area contributed by atoms with Gasteiger partial charge < -0.3 is 15.3 Å². The average Bonchev–Trinajstić information content (AvgIpc) is 3.65. The SMILES string of the molecule is C[C@H](O)CN(C)c1nc2c(cc1F)c(=O)c(C(=O)NC(F)(C(F)F)C1CC1)cn2-c1c(F)cc(F)cc1F. The van der Waals surface area contributed by atoms with Crippen molar-refractivity contribution in [2.45, 2.75) is 38.1 Å². The number of fused-ring (bicyclic) bond motifs is 1. The third-order valence-electron chi connectivity index (χ3n) is 6.07. The lowest BCUT2D eigenvalue weighted by atomic mass is 10.1. The van der Waals surface area contributed by atoms with E-state index in [1.807, 2.05) is 0 Å². The van der Waals surface area contributed by atoms with Crippen LogP contribution in [0.4, 0.5) is 36.6 Å². The summed E-state index contributed by atoms with van der Waals surface area (Å²) in [5, 5.41) is 10.4. The molecule has 1 fully saturated rings. The molecule has 0 saturated heterocycles. The Morgan fingerprint density at radius 2 is 1.79 bits per heavy atom. The number of nitrogens with zero attached hydrogens (tertiary/aromatic N) is 3. The summed E-state index contributed by atoms with van der Waals surface area (Å²) in [5.41, 5.74) is -3.96. The monoisotopic (exact) mass is 546 g/mol. The first kappa shape index (κ1) is 27.4. The molecule has 2 aromatic heterocycles. The number of anilines is 1. The van der Waals surface area contributed by atoms with Gasteiger partial charge in [0.05, 0.1) is 11.5 Å². The molecule has 1 aromatic carbocycles. The molecule has 1 saturated carbocycles. The number of hydrogen-bond donors (Lipinski definition) is 2. The van der Waals surface area contributed by atoms with E-state index < -0.39 is 86.9 Å². The summed E-state index contributed by atoms with van der Waals surface area (Å²) >= 11 is 0. The van der Waals surface area contributed by atoms with Gasteiger partial charge in [0.2, 0.25) is 11.2 Å². The van der Waals surface area contributed by atoms with E-state index in [4.69, 9.17) is 0 Å². The molecule has 4 rings (SSSR count). The third-order valence-corrected chi connectivity index (χ3v) is 6.07. The van der Waals surface area contributed by atoms with Crippen molar-refractivity contribution in [3.63, 3.8) is 0 Å². The summed E-state index contributed by atoms with van der Waals surface area (Å²) in [6, 6.07) is 1.19. The Labute approximate surface area is 210 Å². The molecule has 0 aliphatic heterocycles. The van der Waals surface area contributed by atoms with E-state index in [1.54, 1.807) is 0 Å². The van der Waals surface area contributed by atoms with Crippen molar-refractivity contribution >= 4 is 22.8 Å². The van der Waals surface area contributed by atoms with Crippen molar-refractivity contribution in [1.29, 1.82) is 0 Å². The molecule has 1 aliphatic carbocycles. The van der Waals surface area contributed by atoms with Gasteiger partial charge in [0.15, 0.2) is 28.9 Å². The minimum absolute atomic E-state index is 0.0486. The minimum Gasteiger partial charge on any atom is -0.392 e. The number of aromatic nitrogens is 2. The van der Waals surface area contributed by atoms with Gasteiger partial charge in [0.1, 0.15) is 17.1 Å². The van der Waals surface area contributed by atoms with E-state index in [9.17, 15) is 45.4 Å². The van der Waals surface area contributed by atoms with Crippen LogP contribution in [0.15, 0.2) is 29.2 Å². The Balaban J connectivity index is 1.98. The molecule has 2 atom stereocenters. The fraction of sp³-hybridized carbons (Fsp3) is 0.375. The Bertz CT molecular complexity index is 1450. The number of alkyl halides is 3. The number of aliphatic hydroxyl groups is 1. The molecule has 1 unspecified atom stereocenters. The molecule has 3 aromatic rings. The smallest absolute Gasteiger partial charge is 0.290 e. The van der Waals surface area contributed by atoms with Crippen molar-refractivity contribution in [2.24, 2.45) is 5.92 Å². The van der Waals surface area contributed by atoms with Crippen LogP contribution >= 0.6 is 0 Å². The number of nitrogens with one attached hydrogen (secondary N) is 1. The summed E-state index contributed by atoms with van der Waals surface area (Å²) in [6.45, 7) is 1.25. The van der Waals surface area contributed by atoms with Crippen molar-refractivity contribution in [2.75, 3.05) is 18.5 Å². The average molecular weight is 546 g/mol. The predicted molar refractivity (Wildman–Crippen MR) is 122 cm³/mol. The number of pyridine rings is 2. The lowest BCUT2D eigenvalue weighted by molar-refractivity contribution is -0.0671. The largest absolute Gasteiger partial charge is 0.392 e. The highest BCUT2D eigenvalue weighted by atomic mass is 19.3. The van der Waals surface area contributed by atoms with Crippen molar-refractivity contribution in [3.05, 3.63) is 63.5 Å². The van der Waals surface area contributed by atoms with Crippen LogP contribution in [0.5, 0.6) is 0 Å². The Morgan fingerprint density at radius 1 is 1.18 bits per heavy atom. The van der Waals surface area contributed by atoms with Crippen LogP contribution in [0.2, 0.25) is 0 Å². The Hall–Kier alpha value is -3.68. The minimum atomic E-state index is -3.65. The maximum atomic E-state index is 15.0. The number of likely N-dealkylation sites (N-methyl/N-ethyl adjacent to an activating group) is 1. The normalized spacial score (nSPS) is 16.0. The number of amides is 1. The van der Waals surface area contributed by atoms with Gasteiger partial charge in [-0.3, -0.25) is 14.2 Å². The van der Waals surface area contributed by atoms with Gasteiger partial charge in [-0.2, -0.15) is 0 Å². The topological polar surface area (TPSA) is 87.5 Å². The first-order valence-corrected chi connectivity index (χ1v) is 11.3. The summed E-state index contributed by atoms with van der Waals surface area (Å²) in [5.74, 6) is -12.2. The van der Waals surface area contributed by atoms with Crippen LogP contribution in [0.3, 0.4) is 0 Å². The van der Waals surface area contributed by atoms with Gasteiger partial charge in [-0.05, 0) is 25.8 Å². The predicted octanol–water partition coefficient (Wildman–Crippen LogP) is 3.83. The molecule has 0 spiro atoms. The molecular formula is C24H21F7N4O3. The lowest BCUT2D eigenvalue weighted by Crippen LogP contribution is -2.53. The summed E-state index contributed by atoms with van der Waals surface area (Å²) in [6.07, 6.45) is -3.99. The molecule has 2 heterocycles. The van der Waals surface area contributed by atoms with E-state index in [1.165, 1.54) is 19.3 Å². The fourth-order valence-electron chi connectivity index (χ4n) is 4.14. The highest BCUT2D eigenvalue weighted by Crippen LogP contribution is 2.44. The molecule has 204 valence electrons. The van der Waals surface area contributed by atoms with E-state index in [0.717, 1.165) is 4.90 Å². The first-order valence-electron chi connectivity index (χ1n) is 11.3. The number of carbonyl (C=O) groups is 1. The second kappa shape index (κ2) is 9.89. The van der Waals surface area contributed by atoms with Crippen LogP contribution in [0.25, 0.3) is 16.7 Å². The second-order valence-corrected chi connectivity index (χ2v) is 9.15. The van der Waals surface area contributed by atoms with Crippen LogP contribution < -0.4 is 15.6 Å². The number of carbonyl (C=O) groups excluding carboxylic acids is 1. The molecule has 14 heteroatoms.